The van der Waals surface area contributed by atoms with Gasteiger partial charge in [0.1, 0.15) is 0 Å². The molecular formula is C18H24N4O2S. The van der Waals surface area contributed by atoms with E-state index in [2.05, 4.69) is 20.6 Å². The zero-order chi connectivity index (χ0) is 18.1. The van der Waals surface area contributed by atoms with E-state index in [1.165, 1.54) is 6.26 Å². The van der Waals surface area contributed by atoms with E-state index >= 15 is 0 Å². The largest absolute Gasteiger partial charge is 0.357 e. The van der Waals surface area contributed by atoms with Crippen LogP contribution in [0.15, 0.2) is 58.5 Å². The molecule has 25 heavy (non-hydrogen) atoms. The van der Waals surface area contributed by atoms with Crippen molar-refractivity contribution in [1.82, 2.24) is 15.6 Å². The second-order valence-corrected chi connectivity index (χ2v) is 7.62. The summed E-state index contributed by atoms with van der Waals surface area (Å²) in [4.78, 5) is 9.15. The first kappa shape index (κ1) is 18.9. The molecule has 2 N–H and O–H groups in total. The Kier molecular flexibility index (Phi) is 6.94. The van der Waals surface area contributed by atoms with Gasteiger partial charge in [0, 0.05) is 37.7 Å². The van der Waals surface area contributed by atoms with Crippen molar-refractivity contribution in [3.8, 4) is 0 Å². The van der Waals surface area contributed by atoms with Gasteiger partial charge >= 0.3 is 0 Å². The maximum absolute atomic E-state index is 11.5. The molecule has 0 unspecified atom stereocenters. The number of sulfone groups is 1. The minimum absolute atomic E-state index is 0.320. The van der Waals surface area contributed by atoms with Gasteiger partial charge in [0.05, 0.1) is 11.4 Å². The Morgan fingerprint density at radius 2 is 1.88 bits per heavy atom. The average Bonchev–Trinajstić information content (AvgIpc) is 2.60. The van der Waals surface area contributed by atoms with E-state index in [0.717, 1.165) is 36.7 Å². The van der Waals surface area contributed by atoms with Gasteiger partial charge in [-0.2, -0.15) is 0 Å². The third-order valence-electron chi connectivity index (χ3n) is 3.52. The van der Waals surface area contributed by atoms with Crippen LogP contribution >= 0.6 is 0 Å². The molecule has 7 heteroatoms. The number of rotatable bonds is 7. The Balaban J connectivity index is 1.92. The summed E-state index contributed by atoms with van der Waals surface area (Å²) >= 11 is 0. The van der Waals surface area contributed by atoms with Gasteiger partial charge < -0.3 is 10.6 Å². The van der Waals surface area contributed by atoms with Gasteiger partial charge in [-0.05, 0) is 36.8 Å². The highest BCUT2D eigenvalue weighted by molar-refractivity contribution is 7.90. The third-order valence-corrected chi connectivity index (χ3v) is 4.64. The lowest BCUT2D eigenvalue weighted by molar-refractivity contribution is 0.602. The quantitative estimate of drug-likeness (QED) is 0.581. The molecule has 0 bridgehead atoms. The summed E-state index contributed by atoms with van der Waals surface area (Å²) in [5.74, 6) is 0.727. The number of pyridine rings is 1. The molecular weight excluding hydrogens is 336 g/mol. The fourth-order valence-corrected chi connectivity index (χ4v) is 2.84. The Hall–Kier alpha value is -2.41. The molecule has 1 aromatic carbocycles. The van der Waals surface area contributed by atoms with Gasteiger partial charge in [-0.15, -0.1) is 0 Å². The fourth-order valence-electron chi connectivity index (χ4n) is 2.21. The third kappa shape index (κ3) is 6.54. The predicted octanol–water partition coefficient (Wildman–Crippen LogP) is 1.78. The first-order valence-corrected chi connectivity index (χ1v) is 10.1. The summed E-state index contributed by atoms with van der Waals surface area (Å²) in [7, 11) is -3.16. The van der Waals surface area contributed by atoms with Crippen molar-refractivity contribution in [2.24, 2.45) is 4.99 Å². The number of nitrogens with zero attached hydrogens (tertiary/aromatic N) is 2. The maximum Gasteiger partial charge on any atom is 0.191 e. The van der Waals surface area contributed by atoms with E-state index in [1.807, 2.05) is 25.1 Å². The summed E-state index contributed by atoms with van der Waals surface area (Å²) in [6.45, 7) is 3.98. The first-order chi connectivity index (χ1) is 12.0. The molecule has 0 radical (unpaired) electrons. The molecule has 1 heterocycles. The van der Waals surface area contributed by atoms with E-state index in [-0.39, 0.29) is 0 Å². The van der Waals surface area contributed by atoms with Gasteiger partial charge in [0.15, 0.2) is 15.8 Å². The van der Waals surface area contributed by atoms with E-state index in [0.29, 0.717) is 11.4 Å². The van der Waals surface area contributed by atoms with Gasteiger partial charge in [-0.3, -0.25) is 4.98 Å². The SMILES string of the molecule is CCNC(=NCc1ccc(S(C)(=O)=O)cc1)NCCc1ccccn1. The standard InChI is InChI=1S/C18H24N4O2S/c1-3-19-18(21-13-11-16-6-4-5-12-20-16)22-14-15-7-9-17(10-8-15)25(2,23)24/h4-10,12H,3,11,13-14H2,1-2H3,(H2,19,21,22). The average molecular weight is 360 g/mol. The minimum atomic E-state index is -3.16. The molecule has 0 fully saturated rings. The van der Waals surface area contributed by atoms with E-state index in [9.17, 15) is 8.42 Å². The van der Waals surface area contributed by atoms with Crippen molar-refractivity contribution in [1.29, 1.82) is 0 Å². The highest BCUT2D eigenvalue weighted by Gasteiger charge is 2.06. The van der Waals surface area contributed by atoms with Gasteiger partial charge in [-0.25, -0.2) is 13.4 Å². The Morgan fingerprint density at radius 3 is 2.48 bits per heavy atom. The van der Waals surface area contributed by atoms with Crippen LogP contribution in [0.5, 0.6) is 0 Å². The second-order valence-electron chi connectivity index (χ2n) is 5.61. The molecule has 0 saturated carbocycles. The number of nitrogens with one attached hydrogen (secondary N) is 2. The van der Waals surface area contributed by atoms with Crippen LogP contribution in [0.3, 0.4) is 0 Å². The smallest absolute Gasteiger partial charge is 0.191 e. The summed E-state index contributed by atoms with van der Waals surface area (Å²) < 4.78 is 23.0. The normalized spacial score (nSPS) is 12.0. The topological polar surface area (TPSA) is 83.5 Å². The van der Waals surface area contributed by atoms with Crippen molar-refractivity contribution in [3.63, 3.8) is 0 Å². The molecule has 2 rings (SSSR count). The van der Waals surface area contributed by atoms with Gasteiger partial charge in [-0.1, -0.05) is 18.2 Å². The Morgan fingerprint density at radius 1 is 1.12 bits per heavy atom. The lowest BCUT2D eigenvalue weighted by atomic mass is 10.2. The molecule has 0 saturated heterocycles. The highest BCUT2D eigenvalue weighted by atomic mass is 32.2. The van der Waals surface area contributed by atoms with Crippen molar-refractivity contribution in [3.05, 3.63) is 59.9 Å². The number of aromatic nitrogens is 1. The number of hydrogen-bond acceptors (Lipinski definition) is 4. The number of guanidine groups is 1. The summed E-state index contributed by atoms with van der Waals surface area (Å²) in [6, 6.07) is 12.7. The molecule has 6 nitrogen and oxygen atoms in total. The lowest BCUT2D eigenvalue weighted by Gasteiger charge is -2.11. The highest BCUT2D eigenvalue weighted by Crippen LogP contribution is 2.10. The van der Waals surface area contributed by atoms with Crippen molar-refractivity contribution < 1.29 is 8.42 Å². The van der Waals surface area contributed by atoms with Crippen LogP contribution in [-0.4, -0.2) is 38.7 Å². The van der Waals surface area contributed by atoms with E-state index < -0.39 is 9.84 Å². The number of hydrogen-bond donors (Lipinski definition) is 2. The van der Waals surface area contributed by atoms with Crippen LogP contribution in [0, 0.1) is 0 Å². The van der Waals surface area contributed by atoms with Crippen molar-refractivity contribution in [2.75, 3.05) is 19.3 Å². The van der Waals surface area contributed by atoms with Crippen molar-refractivity contribution in [2.45, 2.75) is 24.8 Å². The van der Waals surface area contributed by atoms with Gasteiger partial charge in [0.2, 0.25) is 0 Å². The van der Waals surface area contributed by atoms with Crippen LogP contribution in [0.2, 0.25) is 0 Å². The summed E-state index contributed by atoms with van der Waals surface area (Å²) in [6.07, 6.45) is 3.80. The Bertz CT molecular complexity index is 788. The fraction of sp³-hybridized carbons (Fsp3) is 0.333. The molecule has 2 aromatic rings. The van der Waals surface area contributed by atoms with Crippen molar-refractivity contribution >= 4 is 15.8 Å². The van der Waals surface area contributed by atoms with E-state index in [4.69, 9.17) is 0 Å². The zero-order valence-corrected chi connectivity index (χ0v) is 15.4. The van der Waals surface area contributed by atoms with Crippen LogP contribution < -0.4 is 10.6 Å². The first-order valence-electron chi connectivity index (χ1n) is 8.20. The zero-order valence-electron chi connectivity index (χ0n) is 14.6. The summed E-state index contributed by atoms with van der Waals surface area (Å²) in [5.41, 5.74) is 1.98. The van der Waals surface area contributed by atoms with Crippen LogP contribution in [0.1, 0.15) is 18.2 Å². The van der Waals surface area contributed by atoms with Crippen LogP contribution in [0.25, 0.3) is 0 Å². The molecule has 0 spiro atoms. The number of aliphatic imine (C=N–C) groups is 1. The molecule has 0 aliphatic carbocycles. The molecule has 0 aliphatic rings. The molecule has 134 valence electrons. The lowest BCUT2D eigenvalue weighted by Crippen LogP contribution is -2.38. The van der Waals surface area contributed by atoms with Crippen LogP contribution in [0.4, 0.5) is 0 Å². The van der Waals surface area contributed by atoms with Crippen LogP contribution in [-0.2, 0) is 22.8 Å². The van der Waals surface area contributed by atoms with Gasteiger partial charge in [0.25, 0.3) is 0 Å². The predicted molar refractivity (Wildman–Crippen MR) is 100 cm³/mol. The molecule has 0 amide bonds. The number of benzene rings is 1. The minimum Gasteiger partial charge on any atom is -0.357 e. The van der Waals surface area contributed by atoms with E-state index in [1.54, 1.807) is 30.5 Å². The molecule has 0 atom stereocenters. The molecule has 0 aliphatic heterocycles. The second kappa shape index (κ2) is 9.17. The molecule has 1 aromatic heterocycles. The Labute approximate surface area is 149 Å². The maximum atomic E-state index is 11.5. The summed E-state index contributed by atoms with van der Waals surface area (Å²) in [5, 5.41) is 6.48. The monoisotopic (exact) mass is 360 g/mol.